The largest absolute Gasteiger partial charge is 0.508 e. The smallest absolute Gasteiger partial charge is 0.141 e. The predicted octanol–water partition coefficient (Wildman–Crippen LogP) is 6.66. The van der Waals surface area contributed by atoms with Crippen molar-refractivity contribution in [3.05, 3.63) is 109 Å². The van der Waals surface area contributed by atoms with Crippen molar-refractivity contribution in [2.45, 2.75) is 6.54 Å². The third kappa shape index (κ3) is 4.62. The molecule has 0 aliphatic rings. The molecule has 1 N–H and O–H groups in total. The van der Waals surface area contributed by atoms with Crippen LogP contribution in [0, 0.1) is 0 Å². The molecule has 0 aliphatic heterocycles. The molecule has 0 atom stereocenters. The minimum absolute atomic E-state index is 0.223. The summed E-state index contributed by atoms with van der Waals surface area (Å²) in [7, 11) is 3.33. The summed E-state index contributed by atoms with van der Waals surface area (Å²) in [5.41, 5.74) is 5.99. The molecule has 0 amide bonds. The highest BCUT2D eigenvalue weighted by Crippen LogP contribution is 2.38. The Hall–Kier alpha value is -4.51. The summed E-state index contributed by atoms with van der Waals surface area (Å²) in [6.07, 6.45) is 0. The van der Waals surface area contributed by atoms with Crippen molar-refractivity contribution in [3.8, 4) is 51.2 Å². The zero-order valence-electron chi connectivity index (χ0n) is 19.7. The molecule has 1 heterocycles. The maximum absolute atomic E-state index is 9.87. The number of phenolic OH excluding ortho intramolecular Hbond substituents is 1. The summed E-state index contributed by atoms with van der Waals surface area (Å²) in [6, 6.07) is 33.5. The molecule has 0 fully saturated rings. The second kappa shape index (κ2) is 9.77. The molecule has 5 nitrogen and oxygen atoms in total. The van der Waals surface area contributed by atoms with Crippen LogP contribution in [-0.2, 0) is 6.54 Å². The average Bonchev–Trinajstić information content (AvgIpc) is 3.28. The van der Waals surface area contributed by atoms with Crippen LogP contribution in [0.15, 0.2) is 103 Å². The standard InChI is InChI=1S/C30H26N2O3/c1-34-26-16-10-22(11-17-26)28-29(23-12-18-27(35-2)19-13-23)32(20-21-6-4-3-5-7-21)30(31-28)24-8-14-25(33)15-9-24/h3-19,33H,20H2,1-2H3. The van der Waals surface area contributed by atoms with E-state index in [1.165, 1.54) is 5.56 Å². The van der Waals surface area contributed by atoms with E-state index in [1.54, 1.807) is 26.4 Å². The van der Waals surface area contributed by atoms with Crippen LogP contribution in [0.1, 0.15) is 5.56 Å². The molecule has 0 spiro atoms. The van der Waals surface area contributed by atoms with Crippen molar-refractivity contribution in [1.29, 1.82) is 0 Å². The van der Waals surface area contributed by atoms with Crippen molar-refractivity contribution in [3.63, 3.8) is 0 Å². The van der Waals surface area contributed by atoms with Gasteiger partial charge in [0, 0.05) is 23.2 Å². The number of hydrogen-bond donors (Lipinski definition) is 1. The molecule has 4 aromatic carbocycles. The Morgan fingerprint density at radius 1 is 0.657 bits per heavy atom. The van der Waals surface area contributed by atoms with Gasteiger partial charge in [0.2, 0.25) is 0 Å². The van der Waals surface area contributed by atoms with Crippen LogP contribution in [0.4, 0.5) is 0 Å². The Labute approximate surface area is 204 Å². The predicted molar refractivity (Wildman–Crippen MR) is 139 cm³/mol. The third-order valence-corrected chi connectivity index (χ3v) is 6.00. The van der Waals surface area contributed by atoms with E-state index >= 15 is 0 Å². The van der Waals surface area contributed by atoms with Crippen molar-refractivity contribution >= 4 is 0 Å². The number of benzene rings is 4. The summed E-state index contributed by atoms with van der Waals surface area (Å²) in [5.74, 6) is 2.64. The van der Waals surface area contributed by atoms with E-state index in [4.69, 9.17) is 14.5 Å². The van der Waals surface area contributed by atoms with Gasteiger partial charge in [-0.2, -0.15) is 0 Å². The Morgan fingerprint density at radius 3 is 1.77 bits per heavy atom. The van der Waals surface area contributed by atoms with Crippen LogP contribution in [-0.4, -0.2) is 28.9 Å². The lowest BCUT2D eigenvalue weighted by Crippen LogP contribution is -2.04. The van der Waals surface area contributed by atoms with Gasteiger partial charge in [-0.25, -0.2) is 4.98 Å². The highest BCUT2D eigenvalue weighted by atomic mass is 16.5. The molecule has 5 aromatic rings. The fourth-order valence-electron chi connectivity index (χ4n) is 4.20. The van der Waals surface area contributed by atoms with Gasteiger partial charge in [0.05, 0.1) is 25.6 Å². The third-order valence-electron chi connectivity index (χ3n) is 6.00. The topological polar surface area (TPSA) is 56.5 Å². The van der Waals surface area contributed by atoms with Crippen LogP contribution in [0.2, 0.25) is 0 Å². The summed E-state index contributed by atoms with van der Waals surface area (Å²) in [6.45, 7) is 0.640. The molecule has 0 radical (unpaired) electrons. The molecule has 5 heteroatoms. The average molecular weight is 463 g/mol. The summed E-state index contributed by atoms with van der Waals surface area (Å²) in [5, 5.41) is 9.87. The van der Waals surface area contributed by atoms with Gasteiger partial charge in [-0.05, 0) is 78.4 Å². The quantitative estimate of drug-likeness (QED) is 0.294. The lowest BCUT2D eigenvalue weighted by Gasteiger charge is -2.14. The lowest BCUT2D eigenvalue weighted by molar-refractivity contribution is 0.414. The molecule has 0 saturated carbocycles. The molecular formula is C30H26N2O3. The Morgan fingerprint density at radius 2 is 1.20 bits per heavy atom. The molecule has 0 bridgehead atoms. The number of phenols is 1. The van der Waals surface area contributed by atoms with Crippen LogP contribution >= 0.6 is 0 Å². The Bertz CT molecular complexity index is 1410. The van der Waals surface area contributed by atoms with Gasteiger partial charge in [0.25, 0.3) is 0 Å². The first-order valence-electron chi connectivity index (χ1n) is 11.4. The van der Waals surface area contributed by atoms with Crippen molar-refractivity contribution in [2.75, 3.05) is 14.2 Å². The second-order valence-electron chi connectivity index (χ2n) is 8.21. The highest BCUT2D eigenvalue weighted by Gasteiger charge is 2.22. The molecule has 174 valence electrons. The minimum atomic E-state index is 0.223. The lowest BCUT2D eigenvalue weighted by atomic mass is 10.0. The molecule has 0 saturated heterocycles. The molecule has 0 unspecified atom stereocenters. The van der Waals surface area contributed by atoms with E-state index in [1.807, 2.05) is 66.7 Å². The van der Waals surface area contributed by atoms with Crippen molar-refractivity contribution in [1.82, 2.24) is 9.55 Å². The molecule has 35 heavy (non-hydrogen) atoms. The zero-order chi connectivity index (χ0) is 24.2. The van der Waals surface area contributed by atoms with Gasteiger partial charge in [0.1, 0.15) is 23.1 Å². The number of aromatic nitrogens is 2. The van der Waals surface area contributed by atoms with Crippen LogP contribution in [0.5, 0.6) is 17.2 Å². The maximum atomic E-state index is 9.87. The minimum Gasteiger partial charge on any atom is -0.508 e. The van der Waals surface area contributed by atoms with E-state index in [-0.39, 0.29) is 5.75 Å². The fraction of sp³-hybridized carbons (Fsp3) is 0.100. The van der Waals surface area contributed by atoms with Gasteiger partial charge in [0.15, 0.2) is 0 Å². The zero-order valence-corrected chi connectivity index (χ0v) is 19.7. The van der Waals surface area contributed by atoms with E-state index < -0.39 is 0 Å². The van der Waals surface area contributed by atoms with Crippen molar-refractivity contribution in [2.24, 2.45) is 0 Å². The second-order valence-corrected chi connectivity index (χ2v) is 8.21. The SMILES string of the molecule is COc1ccc(-c2nc(-c3ccc(O)cc3)n(Cc3ccccc3)c2-c2ccc(OC)cc2)cc1. The summed E-state index contributed by atoms with van der Waals surface area (Å²) < 4.78 is 13.0. The summed E-state index contributed by atoms with van der Waals surface area (Å²) in [4.78, 5) is 5.16. The van der Waals surface area contributed by atoms with Gasteiger partial charge in [-0.3, -0.25) is 0 Å². The number of hydrogen-bond acceptors (Lipinski definition) is 4. The molecule has 5 rings (SSSR count). The molecule has 0 aliphatic carbocycles. The first-order valence-corrected chi connectivity index (χ1v) is 11.4. The first kappa shape index (κ1) is 22.3. The number of imidazole rings is 1. The van der Waals surface area contributed by atoms with E-state index in [9.17, 15) is 5.11 Å². The number of aromatic hydroxyl groups is 1. The fourth-order valence-corrected chi connectivity index (χ4v) is 4.20. The van der Waals surface area contributed by atoms with E-state index in [0.717, 1.165) is 45.4 Å². The normalized spacial score (nSPS) is 10.8. The van der Waals surface area contributed by atoms with Gasteiger partial charge < -0.3 is 19.1 Å². The summed E-state index contributed by atoms with van der Waals surface area (Å²) >= 11 is 0. The molecular weight excluding hydrogens is 436 g/mol. The van der Waals surface area contributed by atoms with Crippen LogP contribution < -0.4 is 9.47 Å². The van der Waals surface area contributed by atoms with E-state index in [2.05, 4.69) is 28.8 Å². The highest BCUT2D eigenvalue weighted by molar-refractivity contribution is 5.82. The van der Waals surface area contributed by atoms with Gasteiger partial charge >= 0.3 is 0 Å². The number of methoxy groups -OCH3 is 2. The maximum Gasteiger partial charge on any atom is 0.141 e. The van der Waals surface area contributed by atoms with Gasteiger partial charge in [-0.15, -0.1) is 0 Å². The Kier molecular flexibility index (Phi) is 6.22. The van der Waals surface area contributed by atoms with Crippen LogP contribution in [0.3, 0.4) is 0 Å². The monoisotopic (exact) mass is 462 g/mol. The molecule has 1 aromatic heterocycles. The number of rotatable bonds is 7. The van der Waals surface area contributed by atoms with Crippen LogP contribution in [0.25, 0.3) is 33.9 Å². The number of nitrogens with zero attached hydrogens (tertiary/aromatic N) is 2. The van der Waals surface area contributed by atoms with Crippen molar-refractivity contribution < 1.29 is 14.6 Å². The van der Waals surface area contributed by atoms with Gasteiger partial charge in [-0.1, -0.05) is 30.3 Å². The Balaban J connectivity index is 1.77. The first-order chi connectivity index (χ1) is 17.2. The number of ether oxygens (including phenoxy) is 2. The van der Waals surface area contributed by atoms with E-state index in [0.29, 0.717) is 6.54 Å².